The Morgan fingerprint density at radius 3 is 2.75 bits per heavy atom. The fourth-order valence-electron chi connectivity index (χ4n) is 3.87. The number of nitrogens with zero attached hydrogens (tertiary/aromatic N) is 2. The predicted molar refractivity (Wildman–Crippen MR) is 111 cm³/mol. The molecule has 2 aliphatic rings. The van der Waals surface area contributed by atoms with Crippen molar-refractivity contribution in [1.82, 2.24) is 10.2 Å². The predicted octanol–water partition coefficient (Wildman–Crippen LogP) is 2.74. The zero-order valence-corrected chi connectivity index (χ0v) is 17.4. The van der Waals surface area contributed by atoms with Crippen molar-refractivity contribution >= 4 is 17.5 Å². The van der Waals surface area contributed by atoms with Crippen molar-refractivity contribution < 1.29 is 14.3 Å². The first-order valence-corrected chi connectivity index (χ1v) is 10.6. The zero-order valence-electron chi connectivity index (χ0n) is 17.4. The molecule has 6 nitrogen and oxygen atoms in total. The number of anilines is 1. The van der Waals surface area contributed by atoms with Crippen molar-refractivity contribution in [1.29, 1.82) is 0 Å². The van der Waals surface area contributed by atoms with Gasteiger partial charge in [0.2, 0.25) is 5.91 Å². The van der Waals surface area contributed by atoms with Gasteiger partial charge in [-0.15, -0.1) is 0 Å². The van der Waals surface area contributed by atoms with E-state index >= 15 is 0 Å². The molecule has 2 heterocycles. The highest BCUT2D eigenvalue weighted by Gasteiger charge is 2.34. The number of rotatable bonds is 7. The molecule has 2 aliphatic heterocycles. The van der Waals surface area contributed by atoms with Crippen LogP contribution in [0, 0.1) is 12.8 Å². The molecule has 0 aliphatic carbocycles. The van der Waals surface area contributed by atoms with Crippen LogP contribution in [-0.4, -0.2) is 55.5 Å². The second-order valence-corrected chi connectivity index (χ2v) is 8.14. The van der Waals surface area contributed by atoms with E-state index in [0.717, 1.165) is 37.5 Å². The molecular weight excluding hydrogens is 354 g/mol. The lowest BCUT2D eigenvalue weighted by Crippen LogP contribution is -2.49. The van der Waals surface area contributed by atoms with Gasteiger partial charge in [-0.1, -0.05) is 19.9 Å². The molecule has 1 N–H and O–H groups in total. The van der Waals surface area contributed by atoms with Gasteiger partial charge in [0, 0.05) is 6.54 Å². The number of likely N-dealkylation sites (tertiary alicyclic amines) is 1. The monoisotopic (exact) mass is 387 g/mol. The van der Waals surface area contributed by atoms with Gasteiger partial charge in [-0.05, 0) is 75.9 Å². The number of nitrogens with one attached hydrogen (secondary N) is 1. The van der Waals surface area contributed by atoms with E-state index in [2.05, 4.69) is 17.1 Å². The number of aryl methyl sites for hydroxylation is 1. The highest BCUT2D eigenvalue weighted by Crippen LogP contribution is 2.35. The summed E-state index contributed by atoms with van der Waals surface area (Å²) in [5, 5.41) is 2.98. The Morgan fingerprint density at radius 1 is 1.29 bits per heavy atom. The third-order valence-electron chi connectivity index (χ3n) is 5.74. The summed E-state index contributed by atoms with van der Waals surface area (Å²) in [6.45, 7) is 10.2. The van der Waals surface area contributed by atoms with Gasteiger partial charge in [-0.2, -0.15) is 0 Å². The van der Waals surface area contributed by atoms with Gasteiger partial charge in [0.25, 0.3) is 5.91 Å². The van der Waals surface area contributed by atoms with Gasteiger partial charge in [0.15, 0.2) is 6.10 Å². The number of benzene rings is 1. The molecule has 0 spiro atoms. The zero-order chi connectivity index (χ0) is 20.1. The number of carbonyl (C=O) groups is 2. The highest BCUT2D eigenvalue weighted by atomic mass is 16.5. The van der Waals surface area contributed by atoms with Gasteiger partial charge >= 0.3 is 0 Å². The average Bonchev–Trinajstić information content (AvgIpc) is 2.69. The summed E-state index contributed by atoms with van der Waals surface area (Å²) in [5.74, 6) is 1.24. The molecule has 1 saturated heterocycles. The Hall–Kier alpha value is -2.08. The number of fused-ring (bicyclic) bond motifs is 1. The molecule has 1 fully saturated rings. The molecule has 28 heavy (non-hydrogen) atoms. The van der Waals surface area contributed by atoms with E-state index in [1.54, 1.807) is 4.90 Å². The summed E-state index contributed by atoms with van der Waals surface area (Å²) in [7, 11) is 0. The second-order valence-electron chi connectivity index (χ2n) is 8.14. The van der Waals surface area contributed by atoms with Gasteiger partial charge in [0.05, 0.1) is 5.69 Å². The van der Waals surface area contributed by atoms with E-state index in [1.807, 2.05) is 32.0 Å². The largest absolute Gasteiger partial charge is 0.478 e. The molecule has 3 rings (SSSR count). The van der Waals surface area contributed by atoms with Gasteiger partial charge in [0.1, 0.15) is 12.3 Å². The maximum absolute atomic E-state index is 12.7. The van der Waals surface area contributed by atoms with Crippen LogP contribution in [-0.2, 0) is 9.59 Å². The lowest BCUT2D eigenvalue weighted by molar-refractivity contribution is -0.129. The van der Waals surface area contributed by atoms with Crippen LogP contribution in [0.15, 0.2) is 18.2 Å². The molecular formula is C22H33N3O3. The Morgan fingerprint density at radius 2 is 2.04 bits per heavy atom. The molecule has 6 heteroatoms. The van der Waals surface area contributed by atoms with Crippen LogP contribution in [0.2, 0.25) is 0 Å². The maximum Gasteiger partial charge on any atom is 0.268 e. The number of piperidine rings is 1. The highest BCUT2D eigenvalue weighted by molar-refractivity contribution is 6.03. The Balaban J connectivity index is 1.51. The van der Waals surface area contributed by atoms with Gasteiger partial charge in [-0.25, -0.2) is 0 Å². The fourth-order valence-corrected chi connectivity index (χ4v) is 3.87. The molecule has 1 atom stereocenters. The molecule has 2 amide bonds. The molecule has 0 bridgehead atoms. The number of amides is 2. The van der Waals surface area contributed by atoms with E-state index in [4.69, 9.17) is 4.74 Å². The smallest absolute Gasteiger partial charge is 0.268 e. The Kier molecular flexibility index (Phi) is 6.94. The normalized spacial score (nSPS) is 20.6. The van der Waals surface area contributed by atoms with Crippen LogP contribution in [0.25, 0.3) is 0 Å². The lowest BCUT2D eigenvalue weighted by atomic mass is 9.99. The van der Waals surface area contributed by atoms with E-state index in [9.17, 15) is 9.59 Å². The summed E-state index contributed by atoms with van der Waals surface area (Å²) < 4.78 is 5.80. The second kappa shape index (κ2) is 9.41. The van der Waals surface area contributed by atoms with Crippen molar-refractivity contribution in [2.45, 2.75) is 52.6 Å². The first-order chi connectivity index (χ1) is 13.5. The van der Waals surface area contributed by atoms with Crippen molar-refractivity contribution in [3.8, 4) is 5.75 Å². The molecule has 1 aromatic rings. The first-order valence-electron chi connectivity index (χ1n) is 10.6. The third-order valence-corrected chi connectivity index (χ3v) is 5.74. The van der Waals surface area contributed by atoms with Gasteiger partial charge < -0.3 is 15.0 Å². The van der Waals surface area contributed by atoms with Crippen LogP contribution in [0.3, 0.4) is 0 Å². The minimum Gasteiger partial charge on any atom is -0.478 e. The van der Waals surface area contributed by atoms with Crippen molar-refractivity contribution in [3.05, 3.63) is 23.8 Å². The number of hydrogen-bond donors (Lipinski definition) is 1. The van der Waals surface area contributed by atoms with Gasteiger partial charge in [-0.3, -0.25) is 14.5 Å². The van der Waals surface area contributed by atoms with E-state index in [1.165, 1.54) is 12.8 Å². The van der Waals surface area contributed by atoms with Crippen LogP contribution in [0.5, 0.6) is 5.75 Å². The van der Waals surface area contributed by atoms with Crippen LogP contribution in [0.4, 0.5) is 5.69 Å². The third kappa shape index (κ3) is 5.04. The minimum atomic E-state index is -0.524. The molecule has 1 aromatic carbocycles. The standard InChI is InChI=1S/C22H33N3O3/c1-4-19-22(27)25(18-14-17(3)6-7-20(18)28-19)15-21(26)23-10-5-11-24-12-8-16(2)9-13-24/h6-7,14,16,19H,4-5,8-13,15H2,1-3H3,(H,23,26). The lowest BCUT2D eigenvalue weighted by Gasteiger charge is -2.34. The molecule has 0 aromatic heterocycles. The summed E-state index contributed by atoms with van der Waals surface area (Å²) in [4.78, 5) is 29.3. The fraction of sp³-hybridized carbons (Fsp3) is 0.636. The molecule has 0 saturated carbocycles. The van der Waals surface area contributed by atoms with Crippen LogP contribution >= 0.6 is 0 Å². The van der Waals surface area contributed by atoms with Crippen molar-refractivity contribution in [2.24, 2.45) is 5.92 Å². The van der Waals surface area contributed by atoms with Crippen molar-refractivity contribution in [3.63, 3.8) is 0 Å². The van der Waals surface area contributed by atoms with Crippen molar-refractivity contribution in [2.75, 3.05) is 37.6 Å². The maximum atomic E-state index is 12.7. The summed E-state index contributed by atoms with van der Waals surface area (Å²) >= 11 is 0. The Labute approximate surface area is 168 Å². The van der Waals surface area contributed by atoms with E-state index in [-0.39, 0.29) is 18.4 Å². The van der Waals surface area contributed by atoms with Crippen LogP contribution < -0.4 is 15.0 Å². The van der Waals surface area contributed by atoms with E-state index < -0.39 is 6.10 Å². The average molecular weight is 388 g/mol. The molecule has 1 unspecified atom stereocenters. The quantitative estimate of drug-likeness (QED) is 0.731. The topological polar surface area (TPSA) is 61.9 Å². The number of hydrogen-bond acceptors (Lipinski definition) is 4. The Bertz CT molecular complexity index is 698. The minimum absolute atomic E-state index is 0.0381. The van der Waals surface area contributed by atoms with Crippen LogP contribution in [0.1, 0.15) is 45.1 Å². The molecule has 0 radical (unpaired) electrons. The number of carbonyl (C=O) groups excluding carboxylic acids is 2. The number of ether oxygens (including phenoxy) is 1. The SMILES string of the molecule is CCC1Oc2ccc(C)cc2N(CC(=O)NCCCN2CCC(C)CC2)C1=O. The summed E-state index contributed by atoms with van der Waals surface area (Å²) in [6.07, 6.45) is 3.53. The summed E-state index contributed by atoms with van der Waals surface area (Å²) in [6, 6.07) is 5.74. The molecule has 154 valence electrons. The first kappa shape index (κ1) is 20.6. The summed E-state index contributed by atoms with van der Waals surface area (Å²) in [5.41, 5.74) is 1.72. The van der Waals surface area contributed by atoms with E-state index in [0.29, 0.717) is 24.4 Å².